The average molecular weight is 479 g/mol. The van der Waals surface area contributed by atoms with Gasteiger partial charge >= 0.3 is 0 Å². The average Bonchev–Trinajstić information content (AvgIpc) is 3.36. The number of thiazole rings is 1. The van der Waals surface area contributed by atoms with Crippen molar-refractivity contribution in [3.63, 3.8) is 0 Å². The lowest BCUT2D eigenvalue weighted by Gasteiger charge is -2.29. The molecule has 0 spiro atoms. The van der Waals surface area contributed by atoms with Gasteiger partial charge in [0, 0.05) is 55.7 Å². The minimum atomic E-state index is 0.797. The van der Waals surface area contributed by atoms with Crippen LogP contribution in [-0.2, 0) is 28.9 Å². The molecule has 0 saturated carbocycles. The third kappa shape index (κ3) is 6.15. The number of benzene rings is 1. The van der Waals surface area contributed by atoms with Gasteiger partial charge in [0.05, 0.1) is 13.2 Å². The molecule has 7 heteroatoms. The van der Waals surface area contributed by atoms with E-state index in [-0.39, 0.29) is 0 Å². The molecule has 1 amide bonds. The number of aromatic nitrogens is 1. The van der Waals surface area contributed by atoms with Crippen LogP contribution >= 0.6 is 11.3 Å². The number of ether oxygens (including phenoxy) is 1. The maximum atomic E-state index is 11.1. The molecule has 34 heavy (non-hydrogen) atoms. The highest BCUT2D eigenvalue weighted by atomic mass is 32.1. The monoisotopic (exact) mass is 478 g/mol. The highest BCUT2D eigenvalue weighted by Crippen LogP contribution is 2.30. The maximum absolute atomic E-state index is 11.1. The van der Waals surface area contributed by atoms with Crippen LogP contribution in [-0.4, -0.2) is 56.2 Å². The molecule has 1 saturated heterocycles. The number of allylic oxidation sites excluding steroid dienone is 5. The Morgan fingerprint density at radius 2 is 2.09 bits per heavy atom. The zero-order valence-electron chi connectivity index (χ0n) is 20.2. The normalized spacial score (nSPS) is 16.9. The Bertz CT molecular complexity index is 1050. The molecule has 2 aromatic rings. The number of hydrogen-bond donors (Lipinski definition) is 0. The number of rotatable bonds is 9. The van der Waals surface area contributed by atoms with Crippen molar-refractivity contribution in [3.05, 3.63) is 76.5 Å². The lowest BCUT2D eigenvalue weighted by molar-refractivity contribution is -0.107. The number of aryl methyl sites for hydroxylation is 1. The van der Waals surface area contributed by atoms with Crippen LogP contribution in [0.3, 0.4) is 0 Å². The first kappa shape index (κ1) is 24.2. The van der Waals surface area contributed by atoms with Gasteiger partial charge in [0.1, 0.15) is 0 Å². The van der Waals surface area contributed by atoms with E-state index < -0.39 is 0 Å². The van der Waals surface area contributed by atoms with Crippen molar-refractivity contribution >= 4 is 28.6 Å². The smallest absolute Gasteiger partial charge is 0.213 e. The van der Waals surface area contributed by atoms with E-state index in [0.717, 1.165) is 75.9 Å². The highest BCUT2D eigenvalue weighted by molar-refractivity contribution is 7.15. The van der Waals surface area contributed by atoms with Gasteiger partial charge in [0.2, 0.25) is 6.41 Å². The third-order valence-electron chi connectivity index (χ3n) is 6.25. The first-order valence-corrected chi connectivity index (χ1v) is 12.8. The zero-order chi connectivity index (χ0) is 23.8. The van der Waals surface area contributed by atoms with E-state index in [2.05, 4.69) is 59.2 Å². The van der Waals surface area contributed by atoms with Gasteiger partial charge in [-0.2, -0.15) is 0 Å². The summed E-state index contributed by atoms with van der Waals surface area (Å²) in [5.74, 6) is 0. The Kier molecular flexibility index (Phi) is 8.55. The number of nitrogens with zero attached hydrogens (tertiary/aromatic N) is 4. The minimum Gasteiger partial charge on any atom is -0.378 e. The molecule has 180 valence electrons. The van der Waals surface area contributed by atoms with E-state index in [1.807, 2.05) is 12.3 Å². The van der Waals surface area contributed by atoms with Gasteiger partial charge in [-0.05, 0) is 61.6 Å². The summed E-state index contributed by atoms with van der Waals surface area (Å²) in [6, 6.07) is 6.30. The van der Waals surface area contributed by atoms with Crippen LogP contribution in [0, 0.1) is 0 Å². The van der Waals surface area contributed by atoms with Gasteiger partial charge in [0.25, 0.3) is 0 Å². The molecule has 4 rings (SSSR count). The standard InChI is InChI=1S/C27H34N4O2S/c1-3-7-24(30-14-16-33-17-15-30)8-5-4-6-9-26-19-28-27(34-26)31-13-12-22-10-11-25(29(2)21-32)18-23(22)20-31/h3-5,7-8,10-11,18-19,21H,6,9,12-17,20H2,1-2H3/b5-4+,7-3-,24-8+. The molecule has 0 radical (unpaired) electrons. The molecule has 0 aliphatic carbocycles. The van der Waals surface area contributed by atoms with Gasteiger partial charge in [-0.15, -0.1) is 11.3 Å². The van der Waals surface area contributed by atoms with E-state index in [0.29, 0.717) is 0 Å². The largest absolute Gasteiger partial charge is 0.378 e. The number of morpholine rings is 1. The van der Waals surface area contributed by atoms with Gasteiger partial charge in [0.15, 0.2) is 5.13 Å². The Hall–Kier alpha value is -2.90. The summed E-state index contributed by atoms with van der Waals surface area (Å²) in [5.41, 5.74) is 4.82. The van der Waals surface area contributed by atoms with E-state index in [9.17, 15) is 4.79 Å². The first-order valence-electron chi connectivity index (χ1n) is 12.0. The van der Waals surface area contributed by atoms with E-state index >= 15 is 0 Å². The molecule has 2 aliphatic rings. The van der Waals surface area contributed by atoms with Gasteiger partial charge in [-0.25, -0.2) is 4.98 Å². The molecular weight excluding hydrogens is 444 g/mol. The summed E-state index contributed by atoms with van der Waals surface area (Å²) in [7, 11) is 1.79. The van der Waals surface area contributed by atoms with Crippen molar-refractivity contribution in [2.24, 2.45) is 0 Å². The maximum Gasteiger partial charge on any atom is 0.213 e. The number of carbonyl (C=O) groups is 1. The molecule has 1 aromatic carbocycles. The van der Waals surface area contributed by atoms with Crippen molar-refractivity contribution in [1.82, 2.24) is 9.88 Å². The second-order valence-corrected chi connectivity index (χ2v) is 9.70. The lowest BCUT2D eigenvalue weighted by Crippen LogP contribution is -2.35. The molecule has 6 nitrogen and oxygen atoms in total. The molecule has 0 atom stereocenters. The number of amides is 1. The molecule has 3 heterocycles. The first-order chi connectivity index (χ1) is 16.7. The topological polar surface area (TPSA) is 48.9 Å². The Morgan fingerprint density at radius 1 is 1.24 bits per heavy atom. The van der Waals surface area contributed by atoms with Crippen LogP contribution in [0.15, 0.2) is 60.5 Å². The summed E-state index contributed by atoms with van der Waals surface area (Å²) in [5, 5.41) is 1.08. The zero-order valence-corrected chi connectivity index (χ0v) is 21.0. The summed E-state index contributed by atoms with van der Waals surface area (Å²) >= 11 is 1.79. The summed E-state index contributed by atoms with van der Waals surface area (Å²) in [6.07, 6.45) is 16.7. The number of fused-ring (bicyclic) bond motifs is 1. The van der Waals surface area contributed by atoms with E-state index in [1.54, 1.807) is 23.3 Å². The fraction of sp³-hybridized carbons (Fsp3) is 0.407. The van der Waals surface area contributed by atoms with Crippen LogP contribution in [0.25, 0.3) is 0 Å². The Balaban J connectivity index is 1.32. The quantitative estimate of drug-likeness (QED) is 0.390. The van der Waals surface area contributed by atoms with Gasteiger partial charge in [-0.3, -0.25) is 4.79 Å². The van der Waals surface area contributed by atoms with Crippen LogP contribution in [0.5, 0.6) is 0 Å². The predicted octanol–water partition coefficient (Wildman–Crippen LogP) is 4.58. The van der Waals surface area contributed by atoms with Crippen LogP contribution in [0.1, 0.15) is 29.3 Å². The predicted molar refractivity (Wildman–Crippen MR) is 141 cm³/mol. The molecule has 0 bridgehead atoms. The van der Waals surface area contributed by atoms with Crippen molar-refractivity contribution < 1.29 is 9.53 Å². The van der Waals surface area contributed by atoms with E-state index in [1.165, 1.54) is 21.7 Å². The van der Waals surface area contributed by atoms with Crippen LogP contribution in [0.4, 0.5) is 10.8 Å². The highest BCUT2D eigenvalue weighted by Gasteiger charge is 2.20. The van der Waals surface area contributed by atoms with Crippen LogP contribution in [0.2, 0.25) is 0 Å². The SMILES string of the molecule is C\C=C/C(=C\C=C\CCc1cnc(N2CCc3ccc(N(C)C=O)cc3C2)s1)N1CCOCC1. The second kappa shape index (κ2) is 12.0. The third-order valence-corrected chi connectivity index (χ3v) is 7.37. The Labute approximate surface area is 206 Å². The molecular formula is C27H34N4O2S. The van der Waals surface area contributed by atoms with E-state index in [4.69, 9.17) is 9.72 Å². The minimum absolute atomic E-state index is 0.797. The van der Waals surface area contributed by atoms with Crippen LogP contribution < -0.4 is 9.80 Å². The number of carbonyl (C=O) groups excluding carboxylic acids is 1. The fourth-order valence-corrected chi connectivity index (χ4v) is 5.24. The second-order valence-electron chi connectivity index (χ2n) is 8.61. The Morgan fingerprint density at radius 3 is 2.88 bits per heavy atom. The molecule has 1 aromatic heterocycles. The number of hydrogen-bond acceptors (Lipinski definition) is 6. The fourth-order valence-electron chi connectivity index (χ4n) is 4.29. The molecule has 1 fully saturated rings. The summed E-state index contributed by atoms with van der Waals surface area (Å²) < 4.78 is 5.47. The van der Waals surface area contributed by atoms with Crippen molar-refractivity contribution in [2.75, 3.05) is 49.7 Å². The van der Waals surface area contributed by atoms with Gasteiger partial charge < -0.3 is 19.4 Å². The number of anilines is 2. The van der Waals surface area contributed by atoms with Crippen molar-refractivity contribution in [2.45, 2.75) is 32.7 Å². The molecule has 2 aliphatic heterocycles. The summed E-state index contributed by atoms with van der Waals surface area (Å²) in [6.45, 7) is 7.36. The molecule has 0 N–H and O–H groups in total. The molecule has 0 unspecified atom stereocenters. The lowest BCUT2D eigenvalue weighted by atomic mass is 9.99. The van der Waals surface area contributed by atoms with Crippen molar-refractivity contribution in [3.8, 4) is 0 Å². The van der Waals surface area contributed by atoms with Crippen molar-refractivity contribution in [1.29, 1.82) is 0 Å². The van der Waals surface area contributed by atoms with Gasteiger partial charge in [-0.1, -0.05) is 24.3 Å². The summed E-state index contributed by atoms with van der Waals surface area (Å²) in [4.78, 5) is 23.5.